The van der Waals surface area contributed by atoms with Crippen molar-refractivity contribution in [2.24, 2.45) is 4.99 Å². The number of anilines is 1. The number of carbonyl (C=O) groups is 1. The Morgan fingerprint density at radius 1 is 0.793 bits per heavy atom. The molecule has 0 saturated heterocycles. The van der Waals surface area contributed by atoms with E-state index in [1.807, 2.05) is 84.9 Å². The first kappa shape index (κ1) is 17.7. The van der Waals surface area contributed by atoms with Gasteiger partial charge in [-0.2, -0.15) is 0 Å². The van der Waals surface area contributed by atoms with Crippen molar-refractivity contribution in [3.63, 3.8) is 0 Å². The number of nitrogens with zero attached hydrogens (tertiary/aromatic N) is 2. The van der Waals surface area contributed by atoms with Crippen LogP contribution in [0.15, 0.2) is 96.0 Å². The van der Waals surface area contributed by atoms with Crippen LogP contribution in [0, 0.1) is 0 Å². The Morgan fingerprint density at radius 2 is 1.52 bits per heavy atom. The molecule has 1 heterocycles. The molecular weight excluding hydrogens is 380 g/mol. The molecule has 4 heteroatoms. The molecule has 1 aliphatic rings. The van der Waals surface area contributed by atoms with Crippen LogP contribution in [0.4, 0.5) is 11.4 Å². The van der Waals surface area contributed by atoms with Gasteiger partial charge < -0.3 is 4.90 Å². The van der Waals surface area contributed by atoms with Crippen molar-refractivity contribution in [1.82, 2.24) is 0 Å². The smallest absolute Gasteiger partial charge is 0.277 e. The molecule has 0 aromatic heterocycles. The number of para-hydroxylation sites is 1. The monoisotopic (exact) mass is 396 g/mol. The first-order valence-electron chi connectivity index (χ1n) is 9.43. The summed E-state index contributed by atoms with van der Waals surface area (Å²) in [4.78, 5) is 19.8. The molecule has 4 aromatic rings. The maximum absolute atomic E-state index is 13.3. The summed E-state index contributed by atoms with van der Waals surface area (Å²) >= 11 is 6.33. The van der Waals surface area contributed by atoms with Gasteiger partial charge in [0, 0.05) is 10.6 Å². The maximum atomic E-state index is 13.3. The van der Waals surface area contributed by atoms with E-state index in [0.717, 1.165) is 33.3 Å². The zero-order valence-corrected chi connectivity index (χ0v) is 16.3. The van der Waals surface area contributed by atoms with E-state index in [1.54, 1.807) is 4.90 Å². The van der Waals surface area contributed by atoms with E-state index < -0.39 is 0 Å². The van der Waals surface area contributed by atoms with Gasteiger partial charge in [0.2, 0.25) is 0 Å². The number of amides is 1. The Morgan fingerprint density at radius 3 is 2.38 bits per heavy atom. The molecule has 4 aromatic carbocycles. The molecule has 3 nitrogen and oxygen atoms in total. The van der Waals surface area contributed by atoms with Crippen molar-refractivity contribution >= 4 is 45.4 Å². The van der Waals surface area contributed by atoms with Gasteiger partial charge >= 0.3 is 0 Å². The average molecular weight is 397 g/mol. The Kier molecular flexibility index (Phi) is 4.38. The second-order valence-corrected chi connectivity index (χ2v) is 7.40. The molecular formula is C25H17ClN2O. The summed E-state index contributed by atoms with van der Waals surface area (Å²) in [6.07, 6.45) is 0. The van der Waals surface area contributed by atoms with Gasteiger partial charge in [-0.3, -0.25) is 4.79 Å². The Hall–Kier alpha value is -3.43. The minimum absolute atomic E-state index is 0.112. The molecule has 0 unspecified atom stereocenters. The standard InChI is InChI=1S/C25H17ClN2O/c26-22-11-5-3-9-19(22)16-28-23-12-6-4-10-21(23)24(25(28)29)27-20-14-13-17-7-1-2-8-18(17)15-20/h1-15H,16H2. The summed E-state index contributed by atoms with van der Waals surface area (Å²) < 4.78 is 0. The topological polar surface area (TPSA) is 32.7 Å². The van der Waals surface area contributed by atoms with Gasteiger partial charge in [-0.25, -0.2) is 4.99 Å². The largest absolute Gasteiger partial charge is 0.302 e. The van der Waals surface area contributed by atoms with E-state index in [9.17, 15) is 4.79 Å². The third-order valence-corrected chi connectivity index (χ3v) is 5.53. The van der Waals surface area contributed by atoms with E-state index >= 15 is 0 Å². The van der Waals surface area contributed by atoms with Gasteiger partial charge in [0.1, 0.15) is 5.71 Å². The van der Waals surface area contributed by atoms with Crippen LogP contribution < -0.4 is 4.90 Å². The van der Waals surface area contributed by atoms with Gasteiger partial charge in [-0.15, -0.1) is 0 Å². The summed E-state index contributed by atoms with van der Waals surface area (Å²) in [6, 6.07) is 29.5. The quantitative estimate of drug-likeness (QED) is 0.408. The molecule has 140 valence electrons. The number of carbonyl (C=O) groups excluding carboxylic acids is 1. The predicted molar refractivity (Wildman–Crippen MR) is 119 cm³/mol. The Labute approximate surface area is 173 Å². The molecule has 0 saturated carbocycles. The molecule has 0 N–H and O–H groups in total. The number of fused-ring (bicyclic) bond motifs is 2. The summed E-state index contributed by atoms with van der Waals surface area (Å²) in [6.45, 7) is 0.409. The summed E-state index contributed by atoms with van der Waals surface area (Å²) in [5.41, 5.74) is 3.84. The average Bonchev–Trinajstić information content (AvgIpc) is 3.01. The van der Waals surface area contributed by atoms with Crippen molar-refractivity contribution in [3.8, 4) is 0 Å². The van der Waals surface area contributed by atoms with Crippen LogP contribution in [0.5, 0.6) is 0 Å². The lowest BCUT2D eigenvalue weighted by Gasteiger charge is -2.17. The number of hydrogen-bond donors (Lipinski definition) is 0. The zero-order chi connectivity index (χ0) is 19.8. The molecule has 0 fully saturated rings. The molecule has 5 rings (SSSR count). The number of rotatable bonds is 3. The van der Waals surface area contributed by atoms with Crippen LogP contribution in [0.2, 0.25) is 5.02 Å². The highest BCUT2D eigenvalue weighted by Crippen LogP contribution is 2.33. The van der Waals surface area contributed by atoms with Crippen molar-refractivity contribution in [2.45, 2.75) is 6.54 Å². The van der Waals surface area contributed by atoms with E-state index in [2.05, 4.69) is 6.07 Å². The number of benzene rings is 4. The maximum Gasteiger partial charge on any atom is 0.277 e. The fourth-order valence-electron chi connectivity index (χ4n) is 3.70. The lowest BCUT2D eigenvalue weighted by atomic mass is 10.1. The highest BCUT2D eigenvalue weighted by Gasteiger charge is 2.33. The van der Waals surface area contributed by atoms with E-state index in [0.29, 0.717) is 17.3 Å². The number of halogens is 1. The van der Waals surface area contributed by atoms with Crippen LogP contribution in [-0.2, 0) is 11.3 Å². The third-order valence-electron chi connectivity index (χ3n) is 5.16. The Balaban J connectivity index is 1.57. The van der Waals surface area contributed by atoms with Gasteiger partial charge in [0.15, 0.2) is 0 Å². The molecule has 0 aliphatic carbocycles. The Bertz CT molecular complexity index is 1280. The number of aliphatic imine (C=N–C) groups is 1. The van der Waals surface area contributed by atoms with E-state index in [4.69, 9.17) is 16.6 Å². The van der Waals surface area contributed by atoms with Crippen molar-refractivity contribution in [1.29, 1.82) is 0 Å². The third kappa shape index (κ3) is 3.20. The summed E-state index contributed by atoms with van der Waals surface area (Å²) in [7, 11) is 0. The molecule has 0 bridgehead atoms. The lowest BCUT2D eigenvalue weighted by molar-refractivity contribution is -0.112. The van der Waals surface area contributed by atoms with Gasteiger partial charge in [0.05, 0.1) is 17.9 Å². The van der Waals surface area contributed by atoms with Crippen molar-refractivity contribution < 1.29 is 4.79 Å². The first-order chi connectivity index (χ1) is 14.2. The SMILES string of the molecule is O=C1C(=Nc2ccc3ccccc3c2)c2ccccc2N1Cc1ccccc1Cl. The summed E-state index contributed by atoms with van der Waals surface area (Å²) in [5, 5.41) is 2.90. The van der Waals surface area contributed by atoms with Crippen molar-refractivity contribution in [3.05, 3.63) is 107 Å². The van der Waals surface area contributed by atoms with Crippen LogP contribution in [0.3, 0.4) is 0 Å². The molecule has 1 amide bonds. The van der Waals surface area contributed by atoms with Crippen molar-refractivity contribution in [2.75, 3.05) is 4.90 Å². The fourth-order valence-corrected chi connectivity index (χ4v) is 3.89. The number of hydrogen-bond acceptors (Lipinski definition) is 2. The highest BCUT2D eigenvalue weighted by atomic mass is 35.5. The van der Waals surface area contributed by atoms with Crippen LogP contribution >= 0.6 is 11.6 Å². The van der Waals surface area contributed by atoms with E-state index in [-0.39, 0.29) is 5.91 Å². The predicted octanol–water partition coefficient (Wildman–Crippen LogP) is 6.16. The minimum atomic E-state index is -0.112. The molecule has 0 atom stereocenters. The van der Waals surface area contributed by atoms with Gasteiger partial charge in [-0.1, -0.05) is 78.3 Å². The van der Waals surface area contributed by atoms with Gasteiger partial charge in [0.25, 0.3) is 5.91 Å². The highest BCUT2D eigenvalue weighted by molar-refractivity contribution is 6.54. The lowest BCUT2D eigenvalue weighted by Crippen LogP contribution is -2.29. The van der Waals surface area contributed by atoms with Crippen LogP contribution in [0.1, 0.15) is 11.1 Å². The van der Waals surface area contributed by atoms with E-state index in [1.165, 1.54) is 0 Å². The molecule has 0 spiro atoms. The molecule has 1 aliphatic heterocycles. The molecule has 0 radical (unpaired) electrons. The summed E-state index contributed by atoms with van der Waals surface area (Å²) in [5.74, 6) is -0.112. The zero-order valence-electron chi connectivity index (χ0n) is 15.5. The van der Waals surface area contributed by atoms with Crippen LogP contribution in [0.25, 0.3) is 10.8 Å². The van der Waals surface area contributed by atoms with Crippen LogP contribution in [-0.4, -0.2) is 11.6 Å². The minimum Gasteiger partial charge on any atom is -0.302 e. The normalized spacial score (nSPS) is 14.6. The molecule has 29 heavy (non-hydrogen) atoms. The van der Waals surface area contributed by atoms with Gasteiger partial charge in [-0.05, 0) is 40.6 Å². The first-order valence-corrected chi connectivity index (χ1v) is 9.81. The second-order valence-electron chi connectivity index (χ2n) is 6.99. The fraction of sp³-hybridized carbons (Fsp3) is 0.0400. The second kappa shape index (κ2) is 7.19.